The standard InChI is InChI=1S/C10H16O2/c1-4-10(3)6-5-9(12-10)8(2)7-11/h4,7-9H,1,5-6H2,2-3H3/t8-,9-,10+/m1/s1. The molecule has 12 heavy (non-hydrogen) atoms. The molecule has 3 atom stereocenters. The third kappa shape index (κ3) is 1.75. The van der Waals surface area contributed by atoms with Crippen LogP contribution in [-0.4, -0.2) is 18.0 Å². The fourth-order valence-corrected chi connectivity index (χ4v) is 1.50. The highest BCUT2D eigenvalue weighted by Crippen LogP contribution is 2.33. The van der Waals surface area contributed by atoms with E-state index in [-0.39, 0.29) is 17.6 Å². The lowest BCUT2D eigenvalue weighted by atomic mass is 10.00. The average Bonchev–Trinajstić information content (AvgIpc) is 2.48. The van der Waals surface area contributed by atoms with Crippen molar-refractivity contribution in [1.29, 1.82) is 0 Å². The molecule has 0 radical (unpaired) electrons. The third-order valence-electron chi connectivity index (χ3n) is 2.58. The minimum Gasteiger partial charge on any atom is -0.367 e. The fourth-order valence-electron chi connectivity index (χ4n) is 1.50. The average molecular weight is 168 g/mol. The number of ether oxygens (including phenoxy) is 1. The molecule has 0 N–H and O–H groups in total. The predicted molar refractivity (Wildman–Crippen MR) is 47.9 cm³/mol. The van der Waals surface area contributed by atoms with Gasteiger partial charge in [0.1, 0.15) is 6.29 Å². The zero-order chi connectivity index (χ0) is 9.19. The molecule has 1 fully saturated rings. The summed E-state index contributed by atoms with van der Waals surface area (Å²) >= 11 is 0. The largest absolute Gasteiger partial charge is 0.367 e. The van der Waals surface area contributed by atoms with Crippen molar-refractivity contribution >= 4 is 6.29 Å². The monoisotopic (exact) mass is 168 g/mol. The van der Waals surface area contributed by atoms with Crippen molar-refractivity contribution in [2.75, 3.05) is 0 Å². The Morgan fingerprint density at radius 2 is 2.42 bits per heavy atom. The highest BCUT2D eigenvalue weighted by Gasteiger charge is 2.35. The van der Waals surface area contributed by atoms with Crippen molar-refractivity contribution in [2.24, 2.45) is 5.92 Å². The van der Waals surface area contributed by atoms with Crippen LogP contribution in [0.2, 0.25) is 0 Å². The Hall–Kier alpha value is -0.630. The van der Waals surface area contributed by atoms with Crippen molar-refractivity contribution in [3.05, 3.63) is 12.7 Å². The number of hydrogen-bond donors (Lipinski definition) is 0. The van der Waals surface area contributed by atoms with Gasteiger partial charge < -0.3 is 9.53 Å². The van der Waals surface area contributed by atoms with E-state index in [1.807, 2.05) is 19.9 Å². The molecule has 1 aliphatic heterocycles. The van der Waals surface area contributed by atoms with Gasteiger partial charge in [0.25, 0.3) is 0 Å². The lowest BCUT2D eigenvalue weighted by Gasteiger charge is -2.21. The minimum absolute atomic E-state index is 0.00627. The topological polar surface area (TPSA) is 26.3 Å². The zero-order valence-electron chi connectivity index (χ0n) is 7.75. The highest BCUT2D eigenvalue weighted by molar-refractivity contribution is 5.53. The van der Waals surface area contributed by atoms with Gasteiger partial charge in [0, 0.05) is 5.92 Å². The lowest BCUT2D eigenvalue weighted by Crippen LogP contribution is -2.25. The first-order valence-electron chi connectivity index (χ1n) is 4.38. The van der Waals surface area contributed by atoms with Crippen LogP contribution in [0.5, 0.6) is 0 Å². The third-order valence-corrected chi connectivity index (χ3v) is 2.58. The molecule has 68 valence electrons. The Morgan fingerprint density at radius 3 is 2.83 bits per heavy atom. The van der Waals surface area contributed by atoms with Crippen molar-refractivity contribution in [2.45, 2.75) is 38.4 Å². The van der Waals surface area contributed by atoms with Crippen LogP contribution in [0.1, 0.15) is 26.7 Å². The first kappa shape index (κ1) is 9.46. The van der Waals surface area contributed by atoms with Crippen molar-refractivity contribution < 1.29 is 9.53 Å². The lowest BCUT2D eigenvalue weighted by molar-refractivity contribution is -0.115. The van der Waals surface area contributed by atoms with Crippen LogP contribution in [-0.2, 0) is 9.53 Å². The molecule has 0 aromatic carbocycles. The molecule has 0 aliphatic carbocycles. The van der Waals surface area contributed by atoms with Crippen molar-refractivity contribution in [3.63, 3.8) is 0 Å². The van der Waals surface area contributed by atoms with Gasteiger partial charge in [0.15, 0.2) is 0 Å². The first-order valence-corrected chi connectivity index (χ1v) is 4.38. The molecule has 0 saturated carbocycles. The number of carbonyl (C=O) groups excluding carboxylic acids is 1. The Labute approximate surface area is 73.6 Å². The van der Waals surface area contributed by atoms with Gasteiger partial charge in [-0.15, -0.1) is 6.58 Å². The smallest absolute Gasteiger partial charge is 0.125 e. The Kier molecular flexibility index (Phi) is 2.68. The molecule has 1 heterocycles. The van der Waals surface area contributed by atoms with Crippen LogP contribution in [0.25, 0.3) is 0 Å². The summed E-state index contributed by atoms with van der Waals surface area (Å²) in [6.07, 6.45) is 4.80. The summed E-state index contributed by atoms with van der Waals surface area (Å²) in [5.74, 6) is 0.00627. The van der Waals surface area contributed by atoms with E-state index < -0.39 is 0 Å². The second-order valence-corrected chi connectivity index (χ2v) is 3.71. The quantitative estimate of drug-likeness (QED) is 0.475. The Bertz CT molecular complexity index is 188. The van der Waals surface area contributed by atoms with E-state index in [0.29, 0.717) is 0 Å². The van der Waals surface area contributed by atoms with E-state index in [4.69, 9.17) is 4.74 Å². The summed E-state index contributed by atoms with van der Waals surface area (Å²) in [6.45, 7) is 7.63. The molecule has 0 bridgehead atoms. The molecule has 1 aliphatic rings. The number of aldehydes is 1. The molecule has 1 rings (SSSR count). The molecule has 2 nitrogen and oxygen atoms in total. The highest BCUT2D eigenvalue weighted by atomic mass is 16.5. The second kappa shape index (κ2) is 3.40. The van der Waals surface area contributed by atoms with Crippen molar-refractivity contribution in [3.8, 4) is 0 Å². The van der Waals surface area contributed by atoms with E-state index in [0.717, 1.165) is 19.1 Å². The maximum atomic E-state index is 10.5. The van der Waals surface area contributed by atoms with Crippen LogP contribution < -0.4 is 0 Å². The van der Waals surface area contributed by atoms with Gasteiger partial charge in [-0.1, -0.05) is 13.0 Å². The summed E-state index contributed by atoms with van der Waals surface area (Å²) in [5, 5.41) is 0. The van der Waals surface area contributed by atoms with E-state index >= 15 is 0 Å². The van der Waals surface area contributed by atoms with E-state index in [1.165, 1.54) is 0 Å². The Balaban J connectivity index is 2.55. The molecule has 0 aromatic rings. The van der Waals surface area contributed by atoms with Crippen LogP contribution in [0.3, 0.4) is 0 Å². The number of carbonyl (C=O) groups is 1. The van der Waals surface area contributed by atoms with Gasteiger partial charge in [0.05, 0.1) is 11.7 Å². The van der Waals surface area contributed by atoms with Crippen LogP contribution in [0, 0.1) is 5.92 Å². The van der Waals surface area contributed by atoms with E-state index in [9.17, 15) is 4.79 Å². The molecule has 1 saturated heterocycles. The molecule has 2 heteroatoms. The van der Waals surface area contributed by atoms with E-state index in [2.05, 4.69) is 6.58 Å². The minimum atomic E-state index is -0.206. The van der Waals surface area contributed by atoms with Gasteiger partial charge in [-0.25, -0.2) is 0 Å². The van der Waals surface area contributed by atoms with Crippen LogP contribution in [0.15, 0.2) is 12.7 Å². The van der Waals surface area contributed by atoms with Crippen LogP contribution in [0.4, 0.5) is 0 Å². The zero-order valence-corrected chi connectivity index (χ0v) is 7.75. The summed E-state index contributed by atoms with van der Waals surface area (Å²) < 4.78 is 5.70. The summed E-state index contributed by atoms with van der Waals surface area (Å²) in [6, 6.07) is 0. The summed E-state index contributed by atoms with van der Waals surface area (Å²) in [4.78, 5) is 10.5. The molecule has 0 amide bonds. The molecule has 0 spiro atoms. The van der Waals surface area contributed by atoms with Crippen molar-refractivity contribution in [1.82, 2.24) is 0 Å². The van der Waals surface area contributed by atoms with E-state index in [1.54, 1.807) is 0 Å². The normalized spacial score (nSPS) is 37.7. The fraction of sp³-hybridized carbons (Fsp3) is 0.700. The SMILES string of the molecule is C=C[C@@]1(C)CC[C@H]([C@H](C)C=O)O1. The van der Waals surface area contributed by atoms with Crippen LogP contribution >= 0.6 is 0 Å². The predicted octanol–water partition coefficient (Wildman–Crippen LogP) is 1.95. The number of rotatable bonds is 3. The maximum Gasteiger partial charge on any atom is 0.125 e. The van der Waals surface area contributed by atoms with Gasteiger partial charge in [-0.05, 0) is 19.8 Å². The first-order chi connectivity index (χ1) is 5.61. The molecule has 0 aromatic heterocycles. The molecule has 0 unspecified atom stereocenters. The van der Waals surface area contributed by atoms with Gasteiger partial charge in [0.2, 0.25) is 0 Å². The summed E-state index contributed by atoms with van der Waals surface area (Å²) in [5.41, 5.74) is -0.206. The molecular weight excluding hydrogens is 152 g/mol. The second-order valence-electron chi connectivity index (χ2n) is 3.71. The number of hydrogen-bond acceptors (Lipinski definition) is 2. The Morgan fingerprint density at radius 1 is 1.75 bits per heavy atom. The van der Waals surface area contributed by atoms with Gasteiger partial charge in [-0.3, -0.25) is 0 Å². The summed E-state index contributed by atoms with van der Waals surface area (Å²) in [7, 11) is 0. The molecular formula is C10H16O2. The maximum absolute atomic E-state index is 10.5. The van der Waals surface area contributed by atoms with Gasteiger partial charge in [-0.2, -0.15) is 0 Å². The van der Waals surface area contributed by atoms with Gasteiger partial charge >= 0.3 is 0 Å².